The topological polar surface area (TPSA) is 102 Å². The van der Waals surface area contributed by atoms with Crippen LogP contribution in [0.2, 0.25) is 0 Å². The summed E-state index contributed by atoms with van der Waals surface area (Å²) in [7, 11) is 3.38. The molecule has 1 atom stereocenters. The molecule has 3 aromatic rings. The van der Waals surface area contributed by atoms with E-state index in [1.54, 1.807) is 14.2 Å². The van der Waals surface area contributed by atoms with Gasteiger partial charge in [-0.05, 0) is 47.9 Å². The third kappa shape index (κ3) is 4.23. The summed E-state index contributed by atoms with van der Waals surface area (Å²) < 4.78 is 15.2. The Hall–Kier alpha value is -3.14. The van der Waals surface area contributed by atoms with Crippen LogP contribution in [0.25, 0.3) is 11.3 Å². The third-order valence-electron chi connectivity index (χ3n) is 5.25. The first kappa shape index (κ1) is 20.1. The zero-order valence-corrected chi connectivity index (χ0v) is 17.5. The van der Waals surface area contributed by atoms with Crippen LogP contribution >= 0.6 is 0 Å². The summed E-state index contributed by atoms with van der Waals surface area (Å²) in [4.78, 5) is 13.9. The lowest BCUT2D eigenvalue weighted by Gasteiger charge is -2.42. The lowest BCUT2D eigenvalue weighted by molar-refractivity contribution is 0.198. The molecule has 1 aromatic carbocycles. The van der Waals surface area contributed by atoms with Crippen LogP contribution in [0.15, 0.2) is 28.9 Å². The van der Waals surface area contributed by atoms with Crippen molar-refractivity contribution in [3.05, 3.63) is 24.3 Å². The molecule has 0 saturated carbocycles. The molecule has 0 aliphatic carbocycles. The molecule has 1 fully saturated rings. The molecule has 10 nitrogen and oxygen atoms in total. The number of hydrogen-bond donors (Lipinski definition) is 1. The number of methoxy groups -OCH3 is 2. The second-order valence-corrected chi connectivity index (χ2v) is 7.27. The van der Waals surface area contributed by atoms with Gasteiger partial charge in [0.05, 0.1) is 7.11 Å². The maximum Gasteiger partial charge on any atom is 0.245 e. The van der Waals surface area contributed by atoms with Gasteiger partial charge in [0.15, 0.2) is 11.6 Å². The molecular weight excluding hydrogens is 386 g/mol. The molecule has 1 saturated heterocycles. The molecule has 0 amide bonds. The molecule has 10 heteroatoms. The predicted octanol–water partition coefficient (Wildman–Crippen LogP) is 2.18. The fourth-order valence-corrected chi connectivity index (χ4v) is 3.67. The number of nitrogens with zero attached hydrogens (tertiary/aromatic N) is 6. The fourth-order valence-electron chi connectivity index (χ4n) is 3.67. The lowest BCUT2D eigenvalue weighted by atomic mass is 10.1. The van der Waals surface area contributed by atoms with Gasteiger partial charge in [-0.25, -0.2) is 14.6 Å². The Balaban J connectivity index is 1.52. The first-order valence-corrected chi connectivity index (χ1v) is 10.1. The van der Waals surface area contributed by atoms with E-state index < -0.39 is 0 Å². The van der Waals surface area contributed by atoms with Crippen molar-refractivity contribution in [2.75, 3.05) is 62.1 Å². The van der Waals surface area contributed by atoms with E-state index in [1.807, 2.05) is 12.1 Å². The average molecular weight is 413 g/mol. The minimum atomic E-state index is 0.229. The summed E-state index contributed by atoms with van der Waals surface area (Å²) in [5.74, 6) is 2.33. The molecule has 1 N–H and O–H groups in total. The van der Waals surface area contributed by atoms with Gasteiger partial charge in [-0.3, -0.25) is 0 Å². The third-order valence-corrected chi connectivity index (χ3v) is 5.25. The molecule has 0 spiro atoms. The Morgan fingerprint density at radius 3 is 2.57 bits per heavy atom. The van der Waals surface area contributed by atoms with Gasteiger partial charge in [0.2, 0.25) is 11.3 Å². The summed E-state index contributed by atoms with van der Waals surface area (Å²) in [5.41, 5.74) is 2.00. The number of fused-ring (bicyclic) bond motifs is 1. The van der Waals surface area contributed by atoms with Gasteiger partial charge in [0.25, 0.3) is 0 Å². The van der Waals surface area contributed by atoms with Gasteiger partial charge < -0.3 is 24.6 Å². The highest BCUT2D eigenvalue weighted by Gasteiger charge is 2.28. The number of piperazine rings is 1. The highest BCUT2D eigenvalue weighted by atomic mass is 16.6. The van der Waals surface area contributed by atoms with Crippen molar-refractivity contribution in [3.8, 4) is 5.75 Å². The van der Waals surface area contributed by atoms with Gasteiger partial charge in [0.1, 0.15) is 5.75 Å². The van der Waals surface area contributed by atoms with E-state index in [4.69, 9.17) is 19.1 Å². The van der Waals surface area contributed by atoms with E-state index in [9.17, 15) is 0 Å². The standard InChI is InChI=1S/C20H27N7O3/c1-14-13-26(15-5-7-16(29-3)8-6-15)10-11-27(14)20-19(21-9-4-12-28-2)22-17-18(23-20)25-30-24-17/h5-8,14H,4,9-13H2,1-3H3,(H,21,22,24). The molecule has 160 valence electrons. The minimum Gasteiger partial charge on any atom is -0.497 e. The summed E-state index contributed by atoms with van der Waals surface area (Å²) in [6, 6.07) is 8.40. The highest BCUT2D eigenvalue weighted by molar-refractivity contribution is 5.74. The zero-order chi connectivity index (χ0) is 20.9. The number of nitrogens with one attached hydrogen (secondary N) is 1. The van der Waals surface area contributed by atoms with Crippen molar-refractivity contribution in [1.29, 1.82) is 0 Å². The van der Waals surface area contributed by atoms with Crippen molar-refractivity contribution in [3.63, 3.8) is 0 Å². The van der Waals surface area contributed by atoms with E-state index in [1.165, 1.54) is 5.69 Å². The summed E-state index contributed by atoms with van der Waals surface area (Å²) in [5, 5.41) is 11.1. The van der Waals surface area contributed by atoms with E-state index in [2.05, 4.69) is 49.5 Å². The first-order chi connectivity index (χ1) is 14.7. The van der Waals surface area contributed by atoms with E-state index in [0.29, 0.717) is 23.7 Å². The molecule has 4 rings (SSSR count). The number of ether oxygens (including phenoxy) is 2. The van der Waals surface area contributed by atoms with E-state index >= 15 is 0 Å². The van der Waals surface area contributed by atoms with Crippen molar-refractivity contribution < 1.29 is 14.1 Å². The second kappa shape index (κ2) is 9.12. The van der Waals surface area contributed by atoms with Crippen LogP contribution in [-0.4, -0.2) is 73.3 Å². The quantitative estimate of drug-likeness (QED) is 0.553. The predicted molar refractivity (Wildman–Crippen MR) is 114 cm³/mol. The van der Waals surface area contributed by atoms with Gasteiger partial charge >= 0.3 is 0 Å². The number of aromatic nitrogens is 4. The number of hydrogen-bond acceptors (Lipinski definition) is 10. The fraction of sp³-hybridized carbons (Fsp3) is 0.500. The monoisotopic (exact) mass is 413 g/mol. The molecule has 2 aromatic heterocycles. The number of rotatable bonds is 8. The largest absolute Gasteiger partial charge is 0.497 e. The zero-order valence-electron chi connectivity index (χ0n) is 17.5. The number of benzene rings is 1. The molecule has 1 aliphatic rings. The maximum absolute atomic E-state index is 5.27. The second-order valence-electron chi connectivity index (χ2n) is 7.27. The van der Waals surface area contributed by atoms with Crippen molar-refractivity contribution in [2.45, 2.75) is 19.4 Å². The molecule has 0 bridgehead atoms. The van der Waals surface area contributed by atoms with Gasteiger partial charge in [-0.1, -0.05) is 0 Å². The first-order valence-electron chi connectivity index (χ1n) is 10.1. The average Bonchev–Trinajstić information content (AvgIpc) is 3.23. The maximum atomic E-state index is 5.27. The summed E-state index contributed by atoms with van der Waals surface area (Å²) >= 11 is 0. The van der Waals surface area contributed by atoms with Gasteiger partial charge in [0, 0.05) is 51.6 Å². The smallest absolute Gasteiger partial charge is 0.245 e. The molecule has 1 unspecified atom stereocenters. The number of anilines is 3. The van der Waals surface area contributed by atoms with Crippen LogP contribution in [0, 0.1) is 0 Å². The van der Waals surface area contributed by atoms with Crippen LogP contribution in [0.5, 0.6) is 5.75 Å². The SMILES string of the molecule is COCCCNc1nc2nonc2nc1N1CCN(c2ccc(OC)cc2)CC1C. The van der Waals surface area contributed by atoms with E-state index in [-0.39, 0.29) is 6.04 Å². The normalized spacial score (nSPS) is 16.8. The lowest BCUT2D eigenvalue weighted by Crippen LogP contribution is -2.52. The van der Waals surface area contributed by atoms with E-state index in [0.717, 1.165) is 44.2 Å². The van der Waals surface area contributed by atoms with Gasteiger partial charge in [-0.2, -0.15) is 0 Å². The molecule has 1 aliphatic heterocycles. The Morgan fingerprint density at radius 1 is 1.10 bits per heavy atom. The molecule has 3 heterocycles. The Bertz CT molecular complexity index is 963. The highest BCUT2D eigenvalue weighted by Crippen LogP contribution is 2.29. The van der Waals surface area contributed by atoms with Crippen LogP contribution in [-0.2, 0) is 4.74 Å². The summed E-state index contributed by atoms with van der Waals surface area (Å²) in [6.07, 6.45) is 0.869. The van der Waals surface area contributed by atoms with Crippen molar-refractivity contribution in [1.82, 2.24) is 20.3 Å². The molecular formula is C20H27N7O3. The summed E-state index contributed by atoms with van der Waals surface area (Å²) in [6.45, 7) is 6.15. The van der Waals surface area contributed by atoms with Crippen LogP contribution in [0.4, 0.5) is 17.3 Å². The Morgan fingerprint density at radius 2 is 1.87 bits per heavy atom. The Kier molecular flexibility index (Phi) is 6.12. The molecule has 0 radical (unpaired) electrons. The van der Waals surface area contributed by atoms with Crippen LogP contribution in [0.1, 0.15) is 13.3 Å². The van der Waals surface area contributed by atoms with Gasteiger partial charge in [-0.15, -0.1) is 0 Å². The van der Waals surface area contributed by atoms with Crippen LogP contribution < -0.4 is 19.9 Å². The van der Waals surface area contributed by atoms with Crippen molar-refractivity contribution in [2.24, 2.45) is 0 Å². The minimum absolute atomic E-state index is 0.229. The Labute approximate surface area is 175 Å². The molecule has 30 heavy (non-hydrogen) atoms. The van der Waals surface area contributed by atoms with Crippen LogP contribution in [0.3, 0.4) is 0 Å². The van der Waals surface area contributed by atoms with Crippen molar-refractivity contribution >= 4 is 28.6 Å².